The molecule has 3 rings (SSSR count). The zero-order chi connectivity index (χ0) is 10.5. The molecule has 1 heterocycles. The van der Waals surface area contributed by atoms with Gasteiger partial charge in [0.2, 0.25) is 0 Å². The second kappa shape index (κ2) is 3.08. The normalized spacial score (nSPS) is 23.1. The average molecular weight is 205 g/mol. The lowest BCUT2D eigenvalue weighted by molar-refractivity contribution is 0.605. The Balaban J connectivity index is 1.73. The van der Waals surface area contributed by atoms with Gasteiger partial charge >= 0.3 is 0 Å². The monoisotopic (exact) mass is 205 g/mol. The largest absolute Gasteiger partial charge is 0.325 e. The van der Waals surface area contributed by atoms with E-state index < -0.39 is 0 Å². The number of hydrogen-bond donors (Lipinski definition) is 1. The Morgan fingerprint density at radius 1 is 1.53 bits per heavy atom. The van der Waals surface area contributed by atoms with Crippen molar-refractivity contribution in [3.63, 3.8) is 0 Å². The Labute approximate surface area is 90.7 Å². The van der Waals surface area contributed by atoms with E-state index in [2.05, 4.69) is 16.8 Å². The highest BCUT2D eigenvalue weighted by atomic mass is 15.3. The maximum Gasteiger partial charge on any atom is 0.0524 e. The SMILES string of the molecule is Cn1ncc(CCC2(N)CC2)c1C1CC1. The molecule has 2 saturated carbocycles. The fourth-order valence-electron chi connectivity index (χ4n) is 2.36. The molecule has 2 N–H and O–H groups in total. The van der Waals surface area contributed by atoms with Crippen LogP contribution in [0.15, 0.2) is 6.20 Å². The molecule has 2 fully saturated rings. The van der Waals surface area contributed by atoms with Gasteiger partial charge in [0.15, 0.2) is 0 Å². The zero-order valence-corrected chi connectivity index (χ0v) is 9.37. The molecule has 0 saturated heterocycles. The van der Waals surface area contributed by atoms with Crippen LogP contribution in [0.3, 0.4) is 0 Å². The van der Waals surface area contributed by atoms with E-state index in [-0.39, 0.29) is 5.54 Å². The first-order chi connectivity index (χ1) is 7.18. The Kier molecular flexibility index (Phi) is 1.93. The van der Waals surface area contributed by atoms with E-state index in [0.717, 1.165) is 18.8 Å². The Bertz CT molecular complexity index is 372. The smallest absolute Gasteiger partial charge is 0.0524 e. The van der Waals surface area contributed by atoms with Gasteiger partial charge in [-0.15, -0.1) is 0 Å². The number of aryl methyl sites for hydroxylation is 2. The molecular weight excluding hydrogens is 186 g/mol. The van der Waals surface area contributed by atoms with Gasteiger partial charge in [0.25, 0.3) is 0 Å². The van der Waals surface area contributed by atoms with Crippen LogP contribution in [0.4, 0.5) is 0 Å². The summed E-state index contributed by atoms with van der Waals surface area (Å²) in [5.74, 6) is 0.792. The number of aromatic nitrogens is 2. The van der Waals surface area contributed by atoms with Crippen LogP contribution in [-0.2, 0) is 13.5 Å². The van der Waals surface area contributed by atoms with Crippen LogP contribution in [-0.4, -0.2) is 15.3 Å². The summed E-state index contributed by atoms with van der Waals surface area (Å²) in [5.41, 5.74) is 9.21. The summed E-state index contributed by atoms with van der Waals surface area (Å²) in [6, 6.07) is 0. The maximum absolute atomic E-state index is 6.12. The Morgan fingerprint density at radius 2 is 2.27 bits per heavy atom. The van der Waals surface area contributed by atoms with Crippen molar-refractivity contribution in [2.24, 2.45) is 12.8 Å². The van der Waals surface area contributed by atoms with Gasteiger partial charge in [0.05, 0.1) is 6.20 Å². The Morgan fingerprint density at radius 3 is 2.87 bits per heavy atom. The summed E-state index contributed by atoms with van der Waals surface area (Å²) >= 11 is 0. The van der Waals surface area contributed by atoms with Crippen molar-refractivity contribution in [1.29, 1.82) is 0 Å². The molecule has 2 aliphatic rings. The van der Waals surface area contributed by atoms with Gasteiger partial charge in [-0.25, -0.2) is 0 Å². The van der Waals surface area contributed by atoms with Gasteiger partial charge < -0.3 is 5.73 Å². The summed E-state index contributed by atoms with van der Waals surface area (Å²) in [5, 5.41) is 4.37. The highest BCUT2D eigenvalue weighted by molar-refractivity contribution is 5.26. The molecule has 1 aromatic rings. The maximum atomic E-state index is 6.12. The number of nitrogens with zero attached hydrogens (tertiary/aromatic N) is 2. The minimum atomic E-state index is 0.177. The van der Waals surface area contributed by atoms with E-state index in [4.69, 9.17) is 5.73 Å². The van der Waals surface area contributed by atoms with E-state index in [1.54, 1.807) is 0 Å². The van der Waals surface area contributed by atoms with Gasteiger partial charge in [0, 0.05) is 24.2 Å². The molecule has 15 heavy (non-hydrogen) atoms. The molecule has 2 aliphatic carbocycles. The average Bonchev–Trinajstić information content (AvgIpc) is 3.10. The number of nitrogens with two attached hydrogens (primary N) is 1. The van der Waals surface area contributed by atoms with E-state index in [1.807, 2.05) is 6.20 Å². The Hall–Kier alpha value is -0.830. The second-order valence-corrected chi connectivity index (χ2v) is 5.32. The molecule has 0 bridgehead atoms. The highest BCUT2D eigenvalue weighted by Crippen LogP contribution is 2.43. The van der Waals surface area contributed by atoms with E-state index >= 15 is 0 Å². The van der Waals surface area contributed by atoms with Crippen molar-refractivity contribution < 1.29 is 0 Å². The molecule has 0 atom stereocenters. The van der Waals surface area contributed by atoms with Gasteiger partial charge in [-0.1, -0.05) is 0 Å². The molecule has 0 aromatic carbocycles. The van der Waals surface area contributed by atoms with Crippen LogP contribution in [0.5, 0.6) is 0 Å². The van der Waals surface area contributed by atoms with Crippen LogP contribution in [0.1, 0.15) is 49.3 Å². The van der Waals surface area contributed by atoms with Crippen molar-refractivity contribution in [3.8, 4) is 0 Å². The summed E-state index contributed by atoms with van der Waals surface area (Å²) < 4.78 is 2.06. The molecule has 0 spiro atoms. The van der Waals surface area contributed by atoms with Crippen LogP contribution in [0.2, 0.25) is 0 Å². The third-order valence-electron chi connectivity index (χ3n) is 3.81. The van der Waals surface area contributed by atoms with Gasteiger partial charge in [-0.3, -0.25) is 4.68 Å². The molecule has 1 aromatic heterocycles. The van der Waals surface area contributed by atoms with Crippen molar-refractivity contribution in [1.82, 2.24) is 9.78 Å². The van der Waals surface area contributed by atoms with Crippen molar-refractivity contribution in [2.75, 3.05) is 0 Å². The second-order valence-electron chi connectivity index (χ2n) is 5.32. The first-order valence-corrected chi connectivity index (χ1v) is 5.98. The standard InChI is InChI=1S/C12H19N3/c1-15-11(9-2-3-9)10(8-14-15)4-5-12(13)6-7-12/h8-9H,2-7,13H2,1H3. The lowest BCUT2D eigenvalue weighted by Crippen LogP contribution is -2.22. The number of hydrogen-bond acceptors (Lipinski definition) is 2. The zero-order valence-electron chi connectivity index (χ0n) is 9.37. The fourth-order valence-corrected chi connectivity index (χ4v) is 2.36. The minimum Gasteiger partial charge on any atom is -0.325 e. The van der Waals surface area contributed by atoms with Crippen LogP contribution in [0.25, 0.3) is 0 Å². The topological polar surface area (TPSA) is 43.8 Å². The van der Waals surface area contributed by atoms with E-state index in [0.29, 0.717) is 0 Å². The molecule has 3 heteroatoms. The summed E-state index contributed by atoms with van der Waals surface area (Å²) in [7, 11) is 2.06. The van der Waals surface area contributed by atoms with E-state index in [1.165, 1.54) is 36.9 Å². The molecule has 0 aliphatic heterocycles. The number of rotatable bonds is 4. The molecule has 82 valence electrons. The van der Waals surface area contributed by atoms with E-state index in [9.17, 15) is 0 Å². The quantitative estimate of drug-likeness (QED) is 0.813. The lowest BCUT2D eigenvalue weighted by Gasteiger charge is -2.08. The predicted molar refractivity (Wildman–Crippen MR) is 59.7 cm³/mol. The third kappa shape index (κ3) is 1.81. The summed E-state index contributed by atoms with van der Waals surface area (Å²) in [6.45, 7) is 0. The molecule has 3 nitrogen and oxygen atoms in total. The van der Waals surface area contributed by atoms with Gasteiger partial charge in [0.1, 0.15) is 0 Å². The molecule has 0 amide bonds. The summed E-state index contributed by atoms with van der Waals surface area (Å²) in [6.07, 6.45) is 9.42. The van der Waals surface area contributed by atoms with Crippen LogP contribution >= 0.6 is 0 Å². The first kappa shape index (κ1) is 9.40. The van der Waals surface area contributed by atoms with Crippen LogP contribution < -0.4 is 5.73 Å². The molecule has 0 radical (unpaired) electrons. The minimum absolute atomic E-state index is 0.177. The predicted octanol–water partition coefficient (Wildman–Crippen LogP) is 1.72. The van der Waals surface area contributed by atoms with Crippen molar-refractivity contribution in [2.45, 2.75) is 50.0 Å². The molecule has 0 unspecified atom stereocenters. The first-order valence-electron chi connectivity index (χ1n) is 5.98. The van der Waals surface area contributed by atoms with Crippen molar-refractivity contribution in [3.05, 3.63) is 17.5 Å². The lowest BCUT2D eigenvalue weighted by atomic mass is 10.0. The van der Waals surface area contributed by atoms with Gasteiger partial charge in [-0.05, 0) is 44.1 Å². The van der Waals surface area contributed by atoms with Gasteiger partial charge in [-0.2, -0.15) is 5.10 Å². The molecular formula is C12H19N3. The third-order valence-corrected chi connectivity index (χ3v) is 3.81. The van der Waals surface area contributed by atoms with Crippen LogP contribution in [0, 0.1) is 0 Å². The fraction of sp³-hybridized carbons (Fsp3) is 0.750. The summed E-state index contributed by atoms with van der Waals surface area (Å²) in [4.78, 5) is 0. The highest BCUT2D eigenvalue weighted by Gasteiger charge is 2.38. The van der Waals surface area contributed by atoms with Crippen molar-refractivity contribution >= 4 is 0 Å².